The molecule has 0 spiro atoms. The van der Waals surface area contributed by atoms with Crippen LogP contribution in [0.5, 0.6) is 0 Å². The number of nitrogens with one attached hydrogen (secondary N) is 1. The van der Waals surface area contributed by atoms with Gasteiger partial charge in [0, 0.05) is 17.6 Å². The number of hydrogen-bond donors (Lipinski definition) is 2. The minimum absolute atomic E-state index is 0.0222. The lowest BCUT2D eigenvalue weighted by atomic mass is 9.97. The molecule has 1 aliphatic carbocycles. The predicted octanol–water partition coefficient (Wildman–Crippen LogP) is 2.25. The van der Waals surface area contributed by atoms with Gasteiger partial charge in [-0.05, 0) is 52.1 Å². The molecule has 0 bridgehead atoms. The van der Waals surface area contributed by atoms with E-state index >= 15 is 0 Å². The summed E-state index contributed by atoms with van der Waals surface area (Å²) in [5, 5.41) is 13.3. The summed E-state index contributed by atoms with van der Waals surface area (Å²) in [4.78, 5) is 2.51. The third kappa shape index (κ3) is 3.69. The molecule has 0 aromatic rings. The average molecular weight is 256 g/mol. The molecule has 0 heterocycles. The molecule has 3 nitrogen and oxygen atoms in total. The summed E-state index contributed by atoms with van der Waals surface area (Å²) in [5.74, 6) is 0.683. The van der Waals surface area contributed by atoms with Gasteiger partial charge < -0.3 is 15.3 Å². The van der Waals surface area contributed by atoms with E-state index in [2.05, 4.69) is 45.0 Å². The van der Waals surface area contributed by atoms with Crippen molar-refractivity contribution in [2.45, 2.75) is 71.0 Å². The molecule has 0 radical (unpaired) electrons. The highest BCUT2D eigenvalue weighted by Crippen LogP contribution is 2.33. The Morgan fingerprint density at radius 1 is 1.39 bits per heavy atom. The van der Waals surface area contributed by atoms with Crippen molar-refractivity contribution in [2.75, 3.05) is 20.2 Å². The molecule has 0 amide bonds. The highest BCUT2D eigenvalue weighted by molar-refractivity contribution is 4.99. The monoisotopic (exact) mass is 256 g/mol. The van der Waals surface area contributed by atoms with Crippen LogP contribution in [-0.2, 0) is 0 Å². The van der Waals surface area contributed by atoms with Gasteiger partial charge in [0.25, 0.3) is 0 Å². The molecule has 3 unspecified atom stereocenters. The van der Waals surface area contributed by atoms with E-state index in [-0.39, 0.29) is 12.1 Å². The summed E-state index contributed by atoms with van der Waals surface area (Å²) in [6.07, 6.45) is 4.51. The summed E-state index contributed by atoms with van der Waals surface area (Å²) in [7, 11) is 2.24. The van der Waals surface area contributed by atoms with Crippen LogP contribution in [0.3, 0.4) is 0 Å². The van der Waals surface area contributed by atoms with Crippen LogP contribution < -0.4 is 5.32 Å². The van der Waals surface area contributed by atoms with Crippen LogP contribution in [0.4, 0.5) is 0 Å². The van der Waals surface area contributed by atoms with E-state index in [9.17, 15) is 5.11 Å². The maximum absolute atomic E-state index is 9.71. The zero-order valence-electron chi connectivity index (χ0n) is 12.9. The second-order valence-corrected chi connectivity index (χ2v) is 6.41. The van der Waals surface area contributed by atoms with Crippen LogP contribution in [0.2, 0.25) is 0 Å². The van der Waals surface area contributed by atoms with Crippen molar-refractivity contribution in [2.24, 2.45) is 5.92 Å². The van der Waals surface area contributed by atoms with Gasteiger partial charge in [-0.15, -0.1) is 0 Å². The Labute approximate surface area is 113 Å². The number of rotatable bonds is 7. The van der Waals surface area contributed by atoms with Gasteiger partial charge in [-0.1, -0.05) is 20.8 Å². The highest BCUT2D eigenvalue weighted by atomic mass is 16.3. The van der Waals surface area contributed by atoms with Crippen LogP contribution >= 0.6 is 0 Å². The first-order valence-corrected chi connectivity index (χ1v) is 7.53. The lowest BCUT2D eigenvalue weighted by Crippen LogP contribution is -2.49. The molecule has 1 fully saturated rings. The first-order valence-electron chi connectivity index (χ1n) is 7.53. The average Bonchev–Trinajstić information content (AvgIpc) is 2.79. The zero-order valence-corrected chi connectivity index (χ0v) is 12.9. The van der Waals surface area contributed by atoms with Gasteiger partial charge in [-0.2, -0.15) is 0 Å². The van der Waals surface area contributed by atoms with Crippen LogP contribution in [0.15, 0.2) is 0 Å². The van der Waals surface area contributed by atoms with Crippen molar-refractivity contribution < 1.29 is 5.11 Å². The molecule has 0 aromatic heterocycles. The number of aliphatic hydroxyl groups is 1. The molecule has 1 rings (SSSR count). The van der Waals surface area contributed by atoms with E-state index in [1.807, 2.05) is 0 Å². The third-order valence-electron chi connectivity index (χ3n) is 4.82. The van der Waals surface area contributed by atoms with Crippen molar-refractivity contribution in [1.29, 1.82) is 0 Å². The zero-order chi connectivity index (χ0) is 13.8. The Bertz CT molecular complexity index is 245. The first-order chi connectivity index (χ1) is 8.45. The Kier molecular flexibility index (Phi) is 6.09. The van der Waals surface area contributed by atoms with E-state index in [1.165, 1.54) is 6.42 Å². The van der Waals surface area contributed by atoms with Gasteiger partial charge in [0.15, 0.2) is 0 Å². The minimum Gasteiger partial charge on any atom is -0.394 e. The van der Waals surface area contributed by atoms with Crippen LogP contribution in [-0.4, -0.2) is 47.8 Å². The quantitative estimate of drug-likeness (QED) is 0.733. The summed E-state index contributed by atoms with van der Waals surface area (Å²) < 4.78 is 0. The molecule has 3 atom stereocenters. The molecule has 18 heavy (non-hydrogen) atoms. The smallest absolute Gasteiger partial charge is 0.0613 e. The van der Waals surface area contributed by atoms with Crippen molar-refractivity contribution >= 4 is 0 Å². The van der Waals surface area contributed by atoms with Crippen LogP contribution in [0.25, 0.3) is 0 Å². The van der Waals surface area contributed by atoms with Gasteiger partial charge in [0.2, 0.25) is 0 Å². The van der Waals surface area contributed by atoms with Crippen LogP contribution in [0.1, 0.15) is 53.4 Å². The largest absolute Gasteiger partial charge is 0.394 e. The molecule has 3 heteroatoms. The molecular weight excluding hydrogens is 224 g/mol. The lowest BCUT2D eigenvalue weighted by Gasteiger charge is -2.35. The van der Waals surface area contributed by atoms with E-state index in [0.717, 1.165) is 25.8 Å². The third-order valence-corrected chi connectivity index (χ3v) is 4.82. The molecule has 2 N–H and O–H groups in total. The molecule has 0 aromatic carbocycles. The van der Waals surface area contributed by atoms with Gasteiger partial charge in [-0.3, -0.25) is 0 Å². The molecule has 1 aliphatic rings. The van der Waals surface area contributed by atoms with E-state index in [4.69, 9.17) is 0 Å². The molecule has 108 valence electrons. The normalized spacial score (nSPS) is 30.3. The lowest BCUT2D eigenvalue weighted by molar-refractivity contribution is 0.123. The summed E-state index contributed by atoms with van der Waals surface area (Å²) in [6, 6.07) is 1.22. The van der Waals surface area contributed by atoms with Gasteiger partial charge >= 0.3 is 0 Å². The fourth-order valence-corrected chi connectivity index (χ4v) is 3.00. The minimum atomic E-state index is -0.0222. The van der Waals surface area contributed by atoms with Crippen molar-refractivity contribution in [1.82, 2.24) is 10.2 Å². The second kappa shape index (κ2) is 6.88. The van der Waals surface area contributed by atoms with Gasteiger partial charge in [-0.25, -0.2) is 0 Å². The van der Waals surface area contributed by atoms with E-state index in [1.54, 1.807) is 0 Å². The fourth-order valence-electron chi connectivity index (χ4n) is 3.00. The second-order valence-electron chi connectivity index (χ2n) is 6.41. The number of hydrogen-bond acceptors (Lipinski definition) is 3. The number of nitrogens with zero attached hydrogens (tertiary/aromatic N) is 1. The summed E-state index contributed by atoms with van der Waals surface area (Å²) >= 11 is 0. The van der Waals surface area contributed by atoms with Crippen molar-refractivity contribution in [3.63, 3.8) is 0 Å². The van der Waals surface area contributed by atoms with Crippen LogP contribution in [0, 0.1) is 5.92 Å². The van der Waals surface area contributed by atoms with Crippen molar-refractivity contribution in [3.05, 3.63) is 0 Å². The van der Waals surface area contributed by atoms with E-state index in [0.29, 0.717) is 18.0 Å². The van der Waals surface area contributed by atoms with Gasteiger partial charge in [0.05, 0.1) is 6.61 Å². The van der Waals surface area contributed by atoms with E-state index < -0.39 is 0 Å². The molecule has 0 saturated heterocycles. The first kappa shape index (κ1) is 15.9. The predicted molar refractivity (Wildman–Crippen MR) is 77.8 cm³/mol. The Morgan fingerprint density at radius 3 is 2.56 bits per heavy atom. The Balaban J connectivity index is 2.57. The fraction of sp³-hybridized carbons (Fsp3) is 1.00. The number of aliphatic hydroxyl groups excluding tert-OH is 1. The topological polar surface area (TPSA) is 35.5 Å². The maximum Gasteiger partial charge on any atom is 0.0613 e. The Hall–Kier alpha value is -0.120. The molecule has 1 saturated carbocycles. The van der Waals surface area contributed by atoms with Gasteiger partial charge in [0.1, 0.15) is 0 Å². The SMILES string of the molecule is CCCNC1(CO)CCC(N(C)C(C)C(C)C)C1. The Morgan fingerprint density at radius 2 is 2.06 bits per heavy atom. The highest BCUT2D eigenvalue weighted by Gasteiger charge is 2.40. The molecule has 0 aliphatic heterocycles. The summed E-state index contributed by atoms with van der Waals surface area (Å²) in [6.45, 7) is 10.3. The summed E-state index contributed by atoms with van der Waals surface area (Å²) in [5.41, 5.74) is -0.0222. The maximum atomic E-state index is 9.71. The standard InChI is InChI=1S/C15H32N2O/c1-6-9-16-15(11-18)8-7-14(10-15)17(5)13(4)12(2)3/h12-14,16,18H,6-11H2,1-5H3. The molecular formula is C15H32N2O. The van der Waals surface area contributed by atoms with Crippen molar-refractivity contribution in [3.8, 4) is 0 Å².